The maximum absolute atomic E-state index is 14.0. The normalized spacial score (nSPS) is 11.1. The van der Waals surface area contributed by atoms with Gasteiger partial charge in [0.2, 0.25) is 0 Å². The van der Waals surface area contributed by atoms with Gasteiger partial charge in [-0.15, -0.1) is 0 Å². The molecular formula is C32H22N2O10. The van der Waals surface area contributed by atoms with E-state index in [-0.39, 0.29) is 33.6 Å². The molecule has 220 valence electrons. The van der Waals surface area contributed by atoms with Crippen LogP contribution in [0.15, 0.2) is 108 Å². The first kappa shape index (κ1) is 30.7. The van der Waals surface area contributed by atoms with E-state index in [9.17, 15) is 39.4 Å². The first-order chi connectivity index (χ1) is 21.0. The van der Waals surface area contributed by atoms with Crippen molar-refractivity contribution in [2.75, 3.05) is 14.2 Å². The lowest BCUT2D eigenvalue weighted by Gasteiger charge is -2.14. The molecule has 0 radical (unpaired) electrons. The van der Waals surface area contributed by atoms with Crippen LogP contribution in [0.3, 0.4) is 0 Å². The van der Waals surface area contributed by atoms with Crippen LogP contribution in [-0.2, 0) is 0 Å². The molecule has 0 heterocycles. The Morgan fingerprint density at radius 2 is 0.682 bits per heavy atom. The van der Waals surface area contributed by atoms with Crippen LogP contribution < -0.4 is 9.47 Å². The van der Waals surface area contributed by atoms with Crippen molar-refractivity contribution in [2.45, 2.75) is 0 Å². The van der Waals surface area contributed by atoms with E-state index in [2.05, 4.69) is 0 Å². The van der Waals surface area contributed by atoms with Gasteiger partial charge >= 0.3 is 0 Å². The third-order valence-electron chi connectivity index (χ3n) is 6.54. The lowest BCUT2D eigenvalue weighted by Crippen LogP contribution is -2.25. The number of carbonyl (C=O) groups is 4. The molecule has 0 spiro atoms. The second-order valence-electron chi connectivity index (χ2n) is 9.13. The zero-order chi connectivity index (χ0) is 32.0. The van der Waals surface area contributed by atoms with E-state index in [4.69, 9.17) is 9.47 Å². The Morgan fingerprint density at radius 3 is 0.886 bits per heavy atom. The number of nitro groups is 2. The monoisotopic (exact) mass is 594 g/mol. The molecule has 0 aliphatic rings. The summed E-state index contributed by atoms with van der Waals surface area (Å²) in [5, 5.41) is 22.4. The maximum Gasteiger partial charge on any atom is 0.269 e. The Hall–Kier alpha value is -6.30. The number of benzene rings is 4. The van der Waals surface area contributed by atoms with E-state index in [1.807, 2.05) is 0 Å². The Balaban J connectivity index is 2.01. The van der Waals surface area contributed by atoms with Gasteiger partial charge in [-0.25, -0.2) is 0 Å². The van der Waals surface area contributed by atoms with E-state index < -0.39 is 44.1 Å². The molecule has 0 aromatic heterocycles. The number of methoxy groups -OCH3 is 2. The van der Waals surface area contributed by atoms with Crippen molar-refractivity contribution < 1.29 is 38.5 Å². The van der Waals surface area contributed by atoms with Crippen molar-refractivity contribution in [1.82, 2.24) is 0 Å². The minimum atomic E-state index is -1.05. The first-order valence-electron chi connectivity index (χ1n) is 12.8. The number of hydrogen-bond donors (Lipinski definition) is 0. The third kappa shape index (κ3) is 6.44. The van der Waals surface area contributed by atoms with Crippen molar-refractivity contribution in [3.8, 4) is 11.5 Å². The first-order valence-corrected chi connectivity index (χ1v) is 12.8. The van der Waals surface area contributed by atoms with Crippen molar-refractivity contribution >= 4 is 34.5 Å². The molecule has 4 rings (SSSR count). The molecule has 0 unspecified atom stereocenters. The molecule has 0 bridgehead atoms. The van der Waals surface area contributed by atoms with Crippen LogP contribution in [0.1, 0.15) is 41.4 Å². The van der Waals surface area contributed by atoms with Crippen LogP contribution in [0.2, 0.25) is 0 Å². The van der Waals surface area contributed by atoms with Gasteiger partial charge in [0.15, 0.2) is 23.1 Å². The second-order valence-corrected chi connectivity index (χ2v) is 9.13. The number of ketones is 4. The summed E-state index contributed by atoms with van der Waals surface area (Å²) in [4.78, 5) is 77.2. The Bertz CT molecular complexity index is 1670. The fourth-order valence-corrected chi connectivity index (χ4v) is 4.19. The molecule has 0 saturated carbocycles. The molecule has 44 heavy (non-hydrogen) atoms. The number of Topliss-reactive ketones (excluding diaryl/α,β-unsaturated/α-hetero) is 4. The molecule has 0 fully saturated rings. The highest BCUT2D eigenvalue weighted by molar-refractivity contribution is 6.42. The molecule has 4 aromatic rings. The zero-order valence-electron chi connectivity index (χ0n) is 23.2. The summed E-state index contributed by atoms with van der Waals surface area (Å²) in [6.45, 7) is 0. The van der Waals surface area contributed by atoms with Crippen molar-refractivity contribution in [3.05, 3.63) is 151 Å². The van der Waals surface area contributed by atoms with Crippen LogP contribution in [0, 0.1) is 20.2 Å². The van der Waals surface area contributed by atoms with Gasteiger partial charge < -0.3 is 9.47 Å². The second kappa shape index (κ2) is 13.1. The molecular weight excluding hydrogens is 572 g/mol. The van der Waals surface area contributed by atoms with Gasteiger partial charge in [-0.05, 0) is 72.8 Å². The molecule has 12 nitrogen and oxygen atoms in total. The van der Waals surface area contributed by atoms with E-state index in [1.165, 1.54) is 62.8 Å². The number of nitro benzene ring substituents is 2. The molecule has 0 N–H and O–H groups in total. The zero-order valence-corrected chi connectivity index (χ0v) is 23.2. The summed E-state index contributed by atoms with van der Waals surface area (Å²) in [5.41, 5.74) is -2.79. The van der Waals surface area contributed by atoms with Gasteiger partial charge in [0.1, 0.15) is 11.5 Å². The fourth-order valence-electron chi connectivity index (χ4n) is 4.19. The number of nitrogens with zero attached hydrogens (tertiary/aromatic N) is 2. The van der Waals surface area contributed by atoms with E-state index in [0.29, 0.717) is 11.5 Å². The Labute approximate surface area is 249 Å². The average Bonchev–Trinajstić information content (AvgIpc) is 3.06. The van der Waals surface area contributed by atoms with Crippen molar-refractivity contribution in [1.29, 1.82) is 0 Å². The molecule has 0 atom stereocenters. The highest BCUT2D eigenvalue weighted by Gasteiger charge is 2.34. The van der Waals surface area contributed by atoms with E-state index >= 15 is 0 Å². The van der Waals surface area contributed by atoms with E-state index in [0.717, 1.165) is 48.5 Å². The number of rotatable bonds is 12. The lowest BCUT2D eigenvalue weighted by atomic mass is 9.84. The highest BCUT2D eigenvalue weighted by Crippen LogP contribution is 2.27. The minimum Gasteiger partial charge on any atom is -0.497 e. The molecule has 4 aromatic carbocycles. The topological polar surface area (TPSA) is 173 Å². The largest absolute Gasteiger partial charge is 0.497 e. The Kier molecular flexibility index (Phi) is 9.14. The van der Waals surface area contributed by atoms with Gasteiger partial charge in [0, 0.05) is 46.5 Å². The summed E-state index contributed by atoms with van der Waals surface area (Å²) >= 11 is 0. The summed E-state index contributed by atoms with van der Waals surface area (Å²) in [6.07, 6.45) is 0. The summed E-state index contributed by atoms with van der Waals surface area (Å²) in [5.74, 6) is -3.28. The van der Waals surface area contributed by atoms with Gasteiger partial charge in [-0.1, -0.05) is 0 Å². The van der Waals surface area contributed by atoms with Gasteiger partial charge in [0.05, 0.1) is 35.2 Å². The molecule has 0 saturated heterocycles. The number of hydrogen-bond acceptors (Lipinski definition) is 10. The fraction of sp³-hybridized carbons (Fsp3) is 0.0625. The molecule has 12 heteroatoms. The number of non-ortho nitro benzene ring substituents is 2. The minimum absolute atomic E-state index is 0.0624. The van der Waals surface area contributed by atoms with Crippen molar-refractivity contribution in [3.63, 3.8) is 0 Å². The average molecular weight is 595 g/mol. The van der Waals surface area contributed by atoms with Gasteiger partial charge in [-0.2, -0.15) is 0 Å². The van der Waals surface area contributed by atoms with Crippen LogP contribution in [-0.4, -0.2) is 47.2 Å². The quantitative estimate of drug-likeness (QED) is 0.0498. The van der Waals surface area contributed by atoms with Crippen LogP contribution in [0.25, 0.3) is 0 Å². The third-order valence-corrected chi connectivity index (χ3v) is 6.54. The summed E-state index contributed by atoms with van der Waals surface area (Å²) in [6, 6.07) is 19.8. The summed E-state index contributed by atoms with van der Waals surface area (Å²) in [7, 11) is 2.82. The number of ether oxygens (including phenoxy) is 2. The number of allylic oxidation sites excluding steroid dienone is 2. The molecule has 0 aliphatic carbocycles. The van der Waals surface area contributed by atoms with Gasteiger partial charge in [-0.3, -0.25) is 39.4 Å². The molecule has 0 aliphatic heterocycles. The molecule has 0 amide bonds. The Morgan fingerprint density at radius 1 is 0.455 bits per heavy atom. The van der Waals surface area contributed by atoms with Crippen LogP contribution in [0.5, 0.6) is 11.5 Å². The summed E-state index contributed by atoms with van der Waals surface area (Å²) < 4.78 is 10.3. The standard InChI is InChI=1S/C32H22N2O10/c1-43-25-15-7-21(8-16-25)31(37)27(29(35)19-3-11-23(12-4-19)33(39)40)28(32(38)22-9-17-26(44-2)18-10-22)30(36)20-5-13-24(14-6-20)34(41)42/h3-18H,1-2H3. The number of carbonyl (C=O) groups excluding carboxylic acids is 4. The SMILES string of the molecule is COc1ccc(C(=O)C(C(=O)c2ccc([N+](=O)[O-])cc2)=C(C(=O)c2ccc(OC)cc2)C(=O)c2ccc([N+](=O)[O-])cc2)cc1. The van der Waals surface area contributed by atoms with Crippen molar-refractivity contribution in [2.24, 2.45) is 0 Å². The predicted octanol–water partition coefficient (Wildman–Crippen LogP) is 5.65. The maximum atomic E-state index is 14.0. The van der Waals surface area contributed by atoms with Gasteiger partial charge in [0.25, 0.3) is 11.4 Å². The smallest absolute Gasteiger partial charge is 0.269 e. The highest BCUT2D eigenvalue weighted by atomic mass is 16.6. The van der Waals surface area contributed by atoms with E-state index in [1.54, 1.807) is 0 Å². The van der Waals surface area contributed by atoms with Crippen LogP contribution >= 0.6 is 0 Å². The predicted molar refractivity (Wildman–Crippen MR) is 157 cm³/mol. The lowest BCUT2D eigenvalue weighted by molar-refractivity contribution is -0.385. The van der Waals surface area contributed by atoms with Crippen LogP contribution in [0.4, 0.5) is 11.4 Å².